The van der Waals surface area contributed by atoms with Gasteiger partial charge in [-0.15, -0.1) is 0 Å². The average Bonchev–Trinajstić information content (AvgIpc) is 2.71. The number of amides is 1. The molecule has 1 aliphatic heterocycles. The number of H-pyrrole nitrogens is 1. The molecule has 1 fully saturated rings. The van der Waals surface area contributed by atoms with Gasteiger partial charge in [-0.1, -0.05) is 41.9 Å². The van der Waals surface area contributed by atoms with E-state index in [4.69, 9.17) is 11.6 Å². The molecule has 3 aromatic rings. The van der Waals surface area contributed by atoms with Crippen molar-refractivity contribution in [1.29, 1.82) is 0 Å². The minimum Gasteiger partial charge on any atom is -0.329 e. The van der Waals surface area contributed by atoms with E-state index in [0.717, 1.165) is 36.9 Å². The second-order valence-corrected chi connectivity index (χ2v) is 7.78. The van der Waals surface area contributed by atoms with Gasteiger partial charge in [0, 0.05) is 11.6 Å². The molecule has 5 nitrogen and oxygen atoms in total. The Morgan fingerprint density at radius 3 is 2.61 bits per heavy atom. The maximum Gasteiger partial charge on any atom is 0.255 e. The number of nitrogens with one attached hydrogen (secondary N) is 3. The molecule has 1 aromatic heterocycles. The molecule has 6 heteroatoms. The van der Waals surface area contributed by atoms with Gasteiger partial charge in [0.2, 0.25) is 5.91 Å². The van der Waals surface area contributed by atoms with E-state index in [-0.39, 0.29) is 11.5 Å². The topological polar surface area (TPSA) is 74.0 Å². The van der Waals surface area contributed by atoms with Crippen LogP contribution in [0.4, 0.5) is 5.69 Å². The van der Waals surface area contributed by atoms with E-state index >= 15 is 0 Å². The number of hydrogen-bond donors (Lipinski definition) is 3. The maximum atomic E-state index is 13.4. The van der Waals surface area contributed by atoms with Gasteiger partial charge in [-0.3, -0.25) is 9.59 Å². The van der Waals surface area contributed by atoms with Gasteiger partial charge >= 0.3 is 0 Å². The highest BCUT2D eigenvalue weighted by molar-refractivity contribution is 6.34. The van der Waals surface area contributed by atoms with E-state index in [1.165, 1.54) is 0 Å². The van der Waals surface area contributed by atoms with Crippen LogP contribution in [0.25, 0.3) is 10.8 Å². The van der Waals surface area contributed by atoms with Crippen LogP contribution in [-0.4, -0.2) is 24.0 Å². The molecule has 144 valence electrons. The number of benzene rings is 2. The van der Waals surface area contributed by atoms with E-state index in [0.29, 0.717) is 22.5 Å². The molecule has 2 aromatic carbocycles. The Morgan fingerprint density at radius 2 is 1.86 bits per heavy atom. The largest absolute Gasteiger partial charge is 0.329 e. The summed E-state index contributed by atoms with van der Waals surface area (Å²) in [6, 6.07) is 15.3. The van der Waals surface area contributed by atoms with Crippen molar-refractivity contribution < 1.29 is 4.79 Å². The van der Waals surface area contributed by atoms with Crippen molar-refractivity contribution in [2.75, 3.05) is 18.4 Å². The normalized spacial score (nSPS) is 16.0. The highest BCUT2D eigenvalue weighted by Gasteiger charge is 2.39. The van der Waals surface area contributed by atoms with Gasteiger partial charge < -0.3 is 15.6 Å². The number of anilines is 1. The van der Waals surface area contributed by atoms with E-state index < -0.39 is 5.41 Å². The predicted octanol–water partition coefficient (Wildman–Crippen LogP) is 3.73. The van der Waals surface area contributed by atoms with Crippen LogP contribution in [-0.2, 0) is 11.2 Å². The molecule has 0 aliphatic carbocycles. The summed E-state index contributed by atoms with van der Waals surface area (Å²) < 4.78 is 0. The summed E-state index contributed by atoms with van der Waals surface area (Å²) in [7, 11) is 0. The first-order valence-corrected chi connectivity index (χ1v) is 9.82. The molecular formula is C22H22ClN3O2. The zero-order valence-electron chi connectivity index (χ0n) is 15.4. The molecule has 0 unspecified atom stereocenters. The van der Waals surface area contributed by atoms with Crippen LogP contribution < -0.4 is 16.2 Å². The first kappa shape index (κ1) is 18.7. The van der Waals surface area contributed by atoms with Crippen LogP contribution in [0.2, 0.25) is 5.02 Å². The number of aromatic amines is 1. The van der Waals surface area contributed by atoms with E-state index in [2.05, 4.69) is 27.8 Å². The number of hydrogen-bond acceptors (Lipinski definition) is 3. The number of piperidine rings is 1. The first-order chi connectivity index (χ1) is 13.6. The Hall–Kier alpha value is -2.63. The Balaban J connectivity index is 1.65. The Morgan fingerprint density at radius 1 is 1.11 bits per heavy atom. The molecule has 1 saturated heterocycles. The van der Waals surface area contributed by atoms with Gasteiger partial charge in [-0.2, -0.15) is 0 Å². The molecular weight excluding hydrogens is 374 g/mol. The lowest BCUT2D eigenvalue weighted by Gasteiger charge is -2.36. The van der Waals surface area contributed by atoms with Crippen LogP contribution in [0.1, 0.15) is 18.4 Å². The van der Waals surface area contributed by atoms with Crippen LogP contribution in [0.3, 0.4) is 0 Å². The number of aromatic nitrogens is 1. The molecule has 4 rings (SSSR count). The van der Waals surface area contributed by atoms with Crippen LogP contribution >= 0.6 is 11.6 Å². The minimum atomic E-state index is -0.487. The molecule has 0 atom stereocenters. The molecule has 2 heterocycles. The molecule has 28 heavy (non-hydrogen) atoms. The summed E-state index contributed by atoms with van der Waals surface area (Å²) in [6.07, 6.45) is 3.80. The van der Waals surface area contributed by atoms with Crippen molar-refractivity contribution in [3.05, 3.63) is 75.7 Å². The van der Waals surface area contributed by atoms with Gasteiger partial charge in [0.1, 0.15) is 0 Å². The Labute approximate surface area is 168 Å². The number of rotatable bonds is 4. The van der Waals surface area contributed by atoms with E-state index in [1.807, 2.05) is 18.2 Å². The second kappa shape index (κ2) is 7.78. The Bertz CT molecular complexity index is 1060. The van der Waals surface area contributed by atoms with Crippen molar-refractivity contribution in [2.45, 2.75) is 19.3 Å². The van der Waals surface area contributed by atoms with Crippen molar-refractivity contribution in [3.63, 3.8) is 0 Å². The molecule has 0 spiro atoms. The quantitative estimate of drug-likeness (QED) is 0.630. The van der Waals surface area contributed by atoms with Gasteiger partial charge in [0.05, 0.1) is 16.1 Å². The summed E-state index contributed by atoms with van der Waals surface area (Å²) in [4.78, 5) is 28.0. The molecule has 0 radical (unpaired) electrons. The molecule has 3 N–H and O–H groups in total. The zero-order valence-corrected chi connectivity index (χ0v) is 16.2. The summed E-state index contributed by atoms with van der Waals surface area (Å²) in [6.45, 7) is 1.61. The highest BCUT2D eigenvalue weighted by Crippen LogP contribution is 2.36. The third-order valence-electron chi connectivity index (χ3n) is 5.54. The van der Waals surface area contributed by atoms with Crippen molar-refractivity contribution in [1.82, 2.24) is 10.3 Å². The predicted molar refractivity (Wildman–Crippen MR) is 113 cm³/mol. The summed E-state index contributed by atoms with van der Waals surface area (Å²) in [5, 5.41) is 7.99. The number of carbonyl (C=O) groups excluding carboxylic acids is 1. The van der Waals surface area contributed by atoms with Crippen LogP contribution in [0.5, 0.6) is 0 Å². The highest BCUT2D eigenvalue weighted by atomic mass is 35.5. The van der Waals surface area contributed by atoms with Gasteiger partial charge in [0.25, 0.3) is 5.56 Å². The maximum absolute atomic E-state index is 13.4. The van der Waals surface area contributed by atoms with Gasteiger partial charge in [0.15, 0.2) is 0 Å². The molecule has 1 amide bonds. The fraction of sp³-hybridized carbons (Fsp3) is 0.273. The van der Waals surface area contributed by atoms with Crippen LogP contribution in [0, 0.1) is 5.41 Å². The third kappa shape index (κ3) is 3.68. The van der Waals surface area contributed by atoms with E-state index in [1.54, 1.807) is 24.4 Å². The molecule has 1 aliphatic rings. The van der Waals surface area contributed by atoms with E-state index in [9.17, 15) is 9.59 Å². The van der Waals surface area contributed by atoms with Crippen LogP contribution in [0.15, 0.2) is 59.5 Å². The number of pyridine rings is 1. The zero-order chi connectivity index (χ0) is 19.6. The number of carbonyl (C=O) groups is 1. The summed E-state index contributed by atoms with van der Waals surface area (Å²) in [5.41, 5.74) is 1.00. The smallest absolute Gasteiger partial charge is 0.255 e. The standard InChI is InChI=1S/C22H22ClN3O2/c23-18-13-17-16(6-9-25-20(17)27)12-19(18)26-21(28)22(7-10-24-11-8-22)14-15-4-2-1-3-5-15/h1-6,9,12-13,24H,7-8,10-11,14H2,(H,25,27)(H,26,28). The summed E-state index contributed by atoms with van der Waals surface area (Å²) in [5.74, 6) is -0.0241. The minimum absolute atomic E-state index is 0.0241. The lowest BCUT2D eigenvalue weighted by atomic mass is 9.73. The summed E-state index contributed by atoms with van der Waals surface area (Å²) >= 11 is 6.38. The Kier molecular flexibility index (Phi) is 5.20. The second-order valence-electron chi connectivity index (χ2n) is 7.37. The lowest BCUT2D eigenvalue weighted by molar-refractivity contribution is -0.127. The fourth-order valence-corrected chi connectivity index (χ4v) is 4.15. The van der Waals surface area contributed by atoms with Crippen molar-refractivity contribution in [3.8, 4) is 0 Å². The van der Waals surface area contributed by atoms with Gasteiger partial charge in [-0.25, -0.2) is 0 Å². The van der Waals surface area contributed by atoms with Crippen molar-refractivity contribution in [2.24, 2.45) is 5.41 Å². The number of halogens is 1. The van der Waals surface area contributed by atoms with Crippen molar-refractivity contribution >= 4 is 34.0 Å². The monoisotopic (exact) mass is 395 g/mol. The lowest BCUT2D eigenvalue weighted by Crippen LogP contribution is -2.46. The average molecular weight is 396 g/mol. The SMILES string of the molecule is O=C(Nc1cc2cc[nH]c(=O)c2cc1Cl)C1(Cc2ccccc2)CCNCC1. The first-order valence-electron chi connectivity index (χ1n) is 9.44. The molecule has 0 bridgehead atoms. The third-order valence-corrected chi connectivity index (χ3v) is 5.85. The molecule has 0 saturated carbocycles. The van der Waals surface area contributed by atoms with Gasteiger partial charge in [-0.05, 0) is 61.5 Å². The fourth-order valence-electron chi connectivity index (χ4n) is 3.94. The number of fused-ring (bicyclic) bond motifs is 1.